The number of ketones is 1. The van der Waals surface area contributed by atoms with Gasteiger partial charge < -0.3 is 30.3 Å². The van der Waals surface area contributed by atoms with Crippen LogP contribution in [0.4, 0.5) is 0 Å². The first-order valence-electron chi connectivity index (χ1n) is 17.9. The van der Waals surface area contributed by atoms with Crippen molar-refractivity contribution in [2.75, 3.05) is 39.4 Å². The van der Waals surface area contributed by atoms with Crippen LogP contribution in [-0.4, -0.2) is 108 Å². The number of hydrogen-bond donors (Lipinski definition) is 3. The molecule has 7 aliphatic rings. The maximum atomic E-state index is 14.2. The average molecular weight is 612 g/mol. The van der Waals surface area contributed by atoms with Gasteiger partial charge in [-0.1, -0.05) is 25.7 Å². The van der Waals surface area contributed by atoms with Gasteiger partial charge in [0, 0.05) is 61.5 Å². The Balaban J connectivity index is 1.12. The standard InChI is InChI=1S/C35H57N5O4/c1-34(2)19-24(20-35(3,4)38-34)37-33(42)26-21-40-28-17-22-7-5-6-8-23(22)18-29(28)44-32-27(10-9-25(30(32)40)31(26)41)36-11-12-39-13-15-43-16-14-39/h21-25,27-30,32,36,38H,5-20H2,1-4H3,(H,37,42). The number of fused-ring (bicyclic) bond motifs is 3. The lowest BCUT2D eigenvalue weighted by atomic mass is 9.65. The summed E-state index contributed by atoms with van der Waals surface area (Å²) < 4.78 is 12.7. The molecule has 246 valence electrons. The molecule has 0 aromatic carbocycles. The number of hydrogen-bond acceptors (Lipinski definition) is 8. The zero-order valence-electron chi connectivity index (χ0n) is 27.6. The average Bonchev–Trinajstić information content (AvgIpc) is 2.97. The summed E-state index contributed by atoms with van der Waals surface area (Å²) in [5.74, 6) is 1.15. The summed E-state index contributed by atoms with van der Waals surface area (Å²) in [6.07, 6.45) is 13.1. The van der Waals surface area contributed by atoms with Crippen molar-refractivity contribution in [3.63, 3.8) is 0 Å². The number of rotatable bonds is 6. The van der Waals surface area contributed by atoms with Crippen molar-refractivity contribution in [3.8, 4) is 0 Å². The first-order chi connectivity index (χ1) is 21.1. The van der Waals surface area contributed by atoms with Crippen LogP contribution in [-0.2, 0) is 19.1 Å². The highest BCUT2D eigenvalue weighted by Crippen LogP contribution is 2.49. The minimum atomic E-state index is -0.186. The van der Waals surface area contributed by atoms with E-state index in [9.17, 15) is 9.59 Å². The molecule has 44 heavy (non-hydrogen) atoms. The number of morpholine rings is 2. The Kier molecular flexibility index (Phi) is 8.66. The molecular weight excluding hydrogens is 554 g/mol. The molecule has 6 fully saturated rings. The number of carbonyl (C=O) groups excluding carboxylic acids is 2. The van der Waals surface area contributed by atoms with Crippen LogP contribution in [0.2, 0.25) is 0 Å². The zero-order chi connectivity index (χ0) is 30.6. The highest BCUT2D eigenvalue weighted by atomic mass is 16.5. The van der Waals surface area contributed by atoms with Crippen LogP contribution in [0.3, 0.4) is 0 Å². The van der Waals surface area contributed by atoms with Crippen molar-refractivity contribution in [1.29, 1.82) is 0 Å². The van der Waals surface area contributed by atoms with Crippen LogP contribution in [0.15, 0.2) is 11.8 Å². The Bertz CT molecular complexity index is 1100. The van der Waals surface area contributed by atoms with E-state index >= 15 is 0 Å². The Labute approximate surface area is 264 Å². The summed E-state index contributed by atoms with van der Waals surface area (Å²) in [4.78, 5) is 33.1. The molecule has 0 bridgehead atoms. The first-order valence-corrected chi connectivity index (χ1v) is 17.9. The minimum Gasteiger partial charge on any atom is -0.379 e. The molecule has 4 heterocycles. The van der Waals surface area contributed by atoms with E-state index in [-0.39, 0.29) is 65.1 Å². The summed E-state index contributed by atoms with van der Waals surface area (Å²) in [6.45, 7) is 14.3. The summed E-state index contributed by atoms with van der Waals surface area (Å²) in [7, 11) is 0. The van der Waals surface area contributed by atoms with Crippen LogP contribution in [0, 0.1) is 17.8 Å². The molecule has 9 nitrogen and oxygen atoms in total. The molecule has 8 atom stereocenters. The molecule has 3 aliphatic carbocycles. The lowest BCUT2D eigenvalue weighted by Gasteiger charge is -2.60. The molecule has 4 aliphatic heterocycles. The van der Waals surface area contributed by atoms with Crippen molar-refractivity contribution in [1.82, 2.24) is 25.8 Å². The Morgan fingerprint density at radius 1 is 1.00 bits per heavy atom. The lowest BCUT2D eigenvalue weighted by Crippen LogP contribution is -2.71. The van der Waals surface area contributed by atoms with E-state index < -0.39 is 0 Å². The van der Waals surface area contributed by atoms with Crippen LogP contribution >= 0.6 is 0 Å². The molecule has 3 saturated carbocycles. The number of nitrogens with zero attached hydrogens (tertiary/aromatic N) is 2. The Morgan fingerprint density at radius 2 is 1.70 bits per heavy atom. The van der Waals surface area contributed by atoms with Gasteiger partial charge in [0.1, 0.15) is 0 Å². The number of piperidine rings is 1. The van der Waals surface area contributed by atoms with Gasteiger partial charge in [-0.25, -0.2) is 0 Å². The summed E-state index contributed by atoms with van der Waals surface area (Å²) in [5, 5.41) is 10.9. The largest absolute Gasteiger partial charge is 0.379 e. The zero-order valence-corrected chi connectivity index (χ0v) is 27.6. The fourth-order valence-corrected chi connectivity index (χ4v) is 10.6. The minimum absolute atomic E-state index is 0.00632. The number of ether oxygens (including phenoxy) is 2. The second kappa shape index (κ2) is 12.3. The number of Topliss-reactive ketones (excluding diaryl/α,β-unsaturated/α-hetero) is 1. The smallest absolute Gasteiger partial charge is 0.256 e. The predicted molar refractivity (Wildman–Crippen MR) is 170 cm³/mol. The van der Waals surface area contributed by atoms with Gasteiger partial charge in [-0.05, 0) is 78.1 Å². The summed E-state index contributed by atoms with van der Waals surface area (Å²) >= 11 is 0. The van der Waals surface area contributed by atoms with Crippen molar-refractivity contribution in [2.24, 2.45) is 17.8 Å². The van der Waals surface area contributed by atoms with E-state index in [0.29, 0.717) is 5.57 Å². The topological polar surface area (TPSA) is 95.2 Å². The number of nitrogens with one attached hydrogen (secondary N) is 3. The monoisotopic (exact) mass is 611 g/mol. The van der Waals surface area contributed by atoms with E-state index in [1.807, 2.05) is 6.20 Å². The Hall–Kier alpha value is -1.52. The third-order valence-corrected chi connectivity index (χ3v) is 12.2. The molecule has 9 heteroatoms. The van der Waals surface area contributed by atoms with Gasteiger partial charge >= 0.3 is 0 Å². The molecule has 0 aromatic heterocycles. The molecule has 7 rings (SSSR count). The van der Waals surface area contributed by atoms with Gasteiger partial charge in [0.15, 0.2) is 5.78 Å². The van der Waals surface area contributed by atoms with E-state index in [1.54, 1.807) is 0 Å². The number of amides is 1. The predicted octanol–water partition coefficient (Wildman–Crippen LogP) is 2.99. The summed E-state index contributed by atoms with van der Waals surface area (Å²) in [5.41, 5.74) is 0.225. The van der Waals surface area contributed by atoms with Gasteiger partial charge in [-0.3, -0.25) is 14.5 Å². The lowest BCUT2D eigenvalue weighted by molar-refractivity contribution is -0.200. The molecule has 0 radical (unpaired) electrons. The molecule has 0 aromatic rings. The molecular formula is C35H57N5O4. The van der Waals surface area contributed by atoms with E-state index in [4.69, 9.17) is 9.47 Å². The van der Waals surface area contributed by atoms with Crippen LogP contribution in [0.1, 0.15) is 91.9 Å². The SMILES string of the molecule is CC1(C)CC(NC(=O)C2=CN3C4CC5CCCCC5CC4OC4C(NCCN5CCOCC5)CCC(C2=O)C43)CC(C)(C)N1. The number of carbonyl (C=O) groups is 2. The maximum absolute atomic E-state index is 14.2. The first kappa shape index (κ1) is 31.1. The second-order valence-electron chi connectivity index (χ2n) is 16.5. The Morgan fingerprint density at radius 3 is 2.43 bits per heavy atom. The molecule has 3 N–H and O–H groups in total. The van der Waals surface area contributed by atoms with Gasteiger partial charge in [0.25, 0.3) is 5.91 Å². The van der Waals surface area contributed by atoms with E-state index in [2.05, 4.69) is 53.4 Å². The van der Waals surface area contributed by atoms with E-state index in [1.165, 1.54) is 25.7 Å². The van der Waals surface area contributed by atoms with Crippen molar-refractivity contribution >= 4 is 11.7 Å². The molecule has 8 unspecified atom stereocenters. The summed E-state index contributed by atoms with van der Waals surface area (Å²) in [6, 6.07) is 0.514. The van der Waals surface area contributed by atoms with Crippen molar-refractivity contribution in [2.45, 2.75) is 139 Å². The van der Waals surface area contributed by atoms with Crippen LogP contribution in [0.5, 0.6) is 0 Å². The quantitative estimate of drug-likeness (QED) is 0.395. The highest BCUT2D eigenvalue weighted by molar-refractivity contribution is 6.20. The maximum Gasteiger partial charge on any atom is 0.256 e. The van der Waals surface area contributed by atoms with Crippen LogP contribution in [0.25, 0.3) is 0 Å². The van der Waals surface area contributed by atoms with Gasteiger partial charge in [-0.15, -0.1) is 0 Å². The molecule has 3 saturated heterocycles. The van der Waals surface area contributed by atoms with Crippen LogP contribution < -0.4 is 16.0 Å². The fraction of sp³-hybridized carbons (Fsp3) is 0.886. The van der Waals surface area contributed by atoms with Gasteiger partial charge in [-0.2, -0.15) is 0 Å². The van der Waals surface area contributed by atoms with Crippen molar-refractivity contribution in [3.05, 3.63) is 11.8 Å². The third kappa shape index (κ3) is 6.25. The third-order valence-electron chi connectivity index (χ3n) is 12.2. The molecule has 0 spiro atoms. The van der Waals surface area contributed by atoms with E-state index in [0.717, 1.165) is 89.8 Å². The normalized spacial score (nSPS) is 40.3. The van der Waals surface area contributed by atoms with Gasteiger partial charge in [0.2, 0.25) is 0 Å². The second-order valence-corrected chi connectivity index (χ2v) is 16.5. The van der Waals surface area contributed by atoms with Crippen molar-refractivity contribution < 1.29 is 19.1 Å². The molecule has 1 amide bonds. The van der Waals surface area contributed by atoms with Gasteiger partial charge in [0.05, 0.1) is 43.1 Å². The fourth-order valence-electron chi connectivity index (χ4n) is 10.6. The highest BCUT2D eigenvalue weighted by Gasteiger charge is 2.57.